The van der Waals surface area contributed by atoms with Crippen LogP contribution in [0.4, 0.5) is 0 Å². The van der Waals surface area contributed by atoms with Crippen molar-refractivity contribution in [1.82, 2.24) is 14.5 Å². The van der Waals surface area contributed by atoms with Crippen LogP contribution in [-0.4, -0.2) is 20.8 Å². The molecule has 1 N–H and O–H groups in total. The molecule has 6 heteroatoms. The van der Waals surface area contributed by atoms with Crippen LogP contribution in [0.2, 0.25) is 0 Å². The fourth-order valence-corrected chi connectivity index (χ4v) is 12.5. The van der Waals surface area contributed by atoms with Gasteiger partial charge in [-0.15, -0.1) is 0 Å². The molecule has 0 radical (unpaired) electrons. The lowest BCUT2D eigenvalue weighted by atomic mass is 9.95. The fourth-order valence-electron chi connectivity index (χ4n) is 12.5. The monoisotopic (exact) mass is 1040 g/mol. The van der Waals surface area contributed by atoms with Crippen LogP contribution in [0, 0.1) is 0 Å². The Bertz CT molecular complexity index is 4990. The van der Waals surface area contributed by atoms with Crippen molar-refractivity contribution in [3.8, 4) is 55.9 Å². The first kappa shape index (κ1) is 46.3. The van der Waals surface area contributed by atoms with Gasteiger partial charge in [0, 0.05) is 49.1 Å². The molecule has 1 aliphatic rings. The van der Waals surface area contributed by atoms with E-state index in [1.807, 2.05) is 24.3 Å². The lowest BCUT2D eigenvalue weighted by Crippen LogP contribution is -2.34. The van der Waals surface area contributed by atoms with Crippen molar-refractivity contribution in [2.24, 2.45) is 9.98 Å². The van der Waals surface area contributed by atoms with Gasteiger partial charge in [0.25, 0.3) is 0 Å². The molecule has 3 aromatic heterocycles. The molecule has 380 valence electrons. The minimum atomic E-state index is -0.486. The van der Waals surface area contributed by atoms with Crippen LogP contribution in [0.15, 0.2) is 300 Å². The number of furan rings is 1. The van der Waals surface area contributed by atoms with Gasteiger partial charge >= 0.3 is 0 Å². The largest absolute Gasteiger partial charge is 0.456 e. The van der Waals surface area contributed by atoms with Crippen molar-refractivity contribution in [3.63, 3.8) is 0 Å². The van der Waals surface area contributed by atoms with E-state index in [9.17, 15) is 0 Å². The summed E-state index contributed by atoms with van der Waals surface area (Å²) >= 11 is 0. The molecule has 1 aliphatic heterocycles. The van der Waals surface area contributed by atoms with E-state index >= 15 is 0 Å². The molecular formula is C75H49N5O. The maximum Gasteiger partial charge on any atom is 0.160 e. The molecule has 0 fully saturated rings. The summed E-state index contributed by atoms with van der Waals surface area (Å²) in [6.45, 7) is 0. The third kappa shape index (κ3) is 7.71. The Kier molecular flexibility index (Phi) is 10.8. The van der Waals surface area contributed by atoms with Crippen LogP contribution in [0.25, 0.3) is 121 Å². The van der Waals surface area contributed by atoms with Crippen molar-refractivity contribution in [3.05, 3.63) is 302 Å². The zero-order valence-electron chi connectivity index (χ0n) is 43.9. The highest BCUT2D eigenvalue weighted by molar-refractivity contribution is 6.25. The molecule has 16 rings (SSSR count). The van der Waals surface area contributed by atoms with Crippen molar-refractivity contribution in [2.45, 2.75) is 6.17 Å². The number of hydrogen-bond acceptors (Lipinski definition) is 4. The Morgan fingerprint density at radius 3 is 1.54 bits per heavy atom. The van der Waals surface area contributed by atoms with Crippen molar-refractivity contribution in [1.29, 1.82) is 0 Å². The molecule has 0 bridgehead atoms. The molecule has 0 saturated heterocycles. The van der Waals surface area contributed by atoms with Gasteiger partial charge in [0.1, 0.15) is 23.2 Å². The number of rotatable bonds is 9. The van der Waals surface area contributed by atoms with E-state index in [2.05, 4.69) is 275 Å². The summed E-state index contributed by atoms with van der Waals surface area (Å²) < 4.78 is 11.4. The van der Waals surface area contributed by atoms with Crippen LogP contribution in [-0.2, 0) is 0 Å². The molecular weight excluding hydrogens is 987 g/mol. The average Bonchev–Trinajstić information content (AvgIpc) is 4.16. The number of hydrogen-bond donors (Lipinski definition) is 1. The summed E-state index contributed by atoms with van der Waals surface area (Å²) in [5.41, 5.74) is 20.2. The van der Waals surface area contributed by atoms with E-state index in [0.29, 0.717) is 11.7 Å². The molecule has 6 nitrogen and oxygen atoms in total. The Morgan fingerprint density at radius 2 is 0.840 bits per heavy atom. The van der Waals surface area contributed by atoms with Crippen LogP contribution in [0.5, 0.6) is 0 Å². The summed E-state index contributed by atoms with van der Waals surface area (Å²) in [5.74, 6) is 1.33. The lowest BCUT2D eigenvalue weighted by molar-refractivity contribution is 0.668. The number of aliphatic imine (C=N–C) groups is 2. The highest BCUT2D eigenvalue weighted by Crippen LogP contribution is 2.46. The molecule has 0 saturated carbocycles. The number of para-hydroxylation sites is 3. The van der Waals surface area contributed by atoms with Gasteiger partial charge in [-0.25, -0.2) is 9.98 Å². The molecule has 15 aromatic rings. The minimum absolute atomic E-state index is 0.486. The Hall–Kier alpha value is -10.8. The SMILES string of the molecule is c1ccc(-c2ccc(C3N=C(c4cccc5oc6ccccc6c45)N=C(c4ccc(-c5ccccc5)cc4-n4c5cc(-c6ccccc6)ccc5c5c(-c6cccc7c6c6ccccc6n7-c6ccccc6)cccc54)N3)cc2)cc1. The van der Waals surface area contributed by atoms with Gasteiger partial charge in [-0.3, -0.25) is 0 Å². The first-order valence-corrected chi connectivity index (χ1v) is 27.6. The van der Waals surface area contributed by atoms with Gasteiger partial charge < -0.3 is 18.9 Å². The predicted molar refractivity (Wildman–Crippen MR) is 336 cm³/mol. The summed E-state index contributed by atoms with van der Waals surface area (Å²) in [4.78, 5) is 11.2. The molecule has 0 spiro atoms. The smallest absolute Gasteiger partial charge is 0.160 e. The van der Waals surface area contributed by atoms with Crippen LogP contribution in [0.1, 0.15) is 22.9 Å². The number of aromatic nitrogens is 2. The lowest BCUT2D eigenvalue weighted by Gasteiger charge is -2.26. The fraction of sp³-hybridized carbons (Fsp3) is 0.0133. The normalized spacial score (nSPS) is 13.6. The maximum atomic E-state index is 6.49. The Labute approximate surface area is 467 Å². The summed E-state index contributed by atoms with van der Waals surface area (Å²) in [6.07, 6.45) is -0.486. The molecule has 1 atom stereocenters. The molecule has 81 heavy (non-hydrogen) atoms. The van der Waals surface area contributed by atoms with Gasteiger partial charge in [-0.2, -0.15) is 0 Å². The Morgan fingerprint density at radius 1 is 0.333 bits per heavy atom. The highest BCUT2D eigenvalue weighted by atomic mass is 16.3. The van der Waals surface area contributed by atoms with Crippen molar-refractivity contribution >= 4 is 77.2 Å². The van der Waals surface area contributed by atoms with Crippen molar-refractivity contribution in [2.75, 3.05) is 0 Å². The van der Waals surface area contributed by atoms with E-state index in [0.717, 1.165) is 111 Å². The van der Waals surface area contributed by atoms with E-state index in [1.54, 1.807) is 0 Å². The number of nitrogens with zero attached hydrogens (tertiary/aromatic N) is 4. The zero-order valence-corrected chi connectivity index (χ0v) is 43.9. The van der Waals surface area contributed by atoms with Gasteiger partial charge in [-0.1, -0.05) is 224 Å². The maximum absolute atomic E-state index is 6.49. The third-order valence-corrected chi connectivity index (χ3v) is 16.2. The predicted octanol–water partition coefficient (Wildman–Crippen LogP) is 18.9. The molecule has 1 unspecified atom stereocenters. The van der Waals surface area contributed by atoms with E-state index in [1.165, 1.54) is 27.2 Å². The quantitative estimate of drug-likeness (QED) is 0.157. The second-order valence-electron chi connectivity index (χ2n) is 20.8. The number of benzene rings is 12. The molecule has 0 aliphatic carbocycles. The Balaban J connectivity index is 0.968. The van der Waals surface area contributed by atoms with E-state index < -0.39 is 6.17 Å². The van der Waals surface area contributed by atoms with Gasteiger partial charge in [0.15, 0.2) is 5.84 Å². The second kappa shape index (κ2) is 19.0. The average molecular weight is 1040 g/mol. The van der Waals surface area contributed by atoms with E-state index in [-0.39, 0.29) is 0 Å². The first-order chi connectivity index (χ1) is 40.2. The van der Waals surface area contributed by atoms with Gasteiger partial charge in [0.2, 0.25) is 0 Å². The molecule has 0 amide bonds. The number of nitrogens with one attached hydrogen (secondary N) is 1. The van der Waals surface area contributed by atoms with Gasteiger partial charge in [-0.05, 0) is 111 Å². The summed E-state index contributed by atoms with van der Waals surface area (Å²) in [6, 6.07) is 102. The summed E-state index contributed by atoms with van der Waals surface area (Å²) in [5, 5.41) is 10.7. The second-order valence-corrected chi connectivity index (χ2v) is 20.8. The highest BCUT2D eigenvalue weighted by Gasteiger charge is 2.28. The van der Waals surface area contributed by atoms with E-state index in [4.69, 9.17) is 14.4 Å². The first-order valence-electron chi connectivity index (χ1n) is 27.6. The molecule has 4 heterocycles. The topological polar surface area (TPSA) is 59.8 Å². The minimum Gasteiger partial charge on any atom is -0.456 e. The third-order valence-electron chi connectivity index (χ3n) is 16.2. The molecule has 12 aromatic carbocycles. The summed E-state index contributed by atoms with van der Waals surface area (Å²) in [7, 11) is 0. The van der Waals surface area contributed by atoms with Gasteiger partial charge in [0.05, 0.1) is 27.8 Å². The number of fused-ring (bicyclic) bond motifs is 9. The van der Waals surface area contributed by atoms with Crippen LogP contribution in [0.3, 0.4) is 0 Å². The standard InChI is InChI=1S/C75H49N5O/c1-5-20-48(21-6-1)51-38-40-52(41-39-51)73-76-74(78-75(77-73)62-32-19-37-69-72(62)61-29-14-16-36-68(61)81-69)60-45-43-54(50-24-9-3-10-25-50)47-67(60)80-65-35-18-31-57(71(65)59-44-42-53(46-66(59)80)49-22-7-2-8-23-49)56-30-17-34-64-70(56)58-28-13-15-33-63(58)79(64)55-26-11-4-12-27-55/h1-47,73H,(H,76,77,78). The number of amidine groups is 2. The van der Waals surface area contributed by atoms with Crippen molar-refractivity contribution < 1.29 is 4.42 Å². The van der Waals surface area contributed by atoms with Crippen LogP contribution < -0.4 is 5.32 Å². The zero-order chi connectivity index (χ0) is 53.4. The van der Waals surface area contributed by atoms with Crippen LogP contribution >= 0.6 is 0 Å².